The van der Waals surface area contributed by atoms with Crippen LogP contribution in [0.5, 0.6) is 0 Å². The maximum absolute atomic E-state index is 13.3. The van der Waals surface area contributed by atoms with Crippen LogP contribution in [0.4, 0.5) is 0 Å². The molecule has 0 bridgehead atoms. The number of rotatable bonds is 6. The van der Waals surface area contributed by atoms with E-state index in [9.17, 15) is 9.59 Å². The van der Waals surface area contributed by atoms with Gasteiger partial charge in [-0.05, 0) is 43.5 Å². The Morgan fingerprint density at radius 2 is 1.91 bits per heavy atom. The summed E-state index contributed by atoms with van der Waals surface area (Å²) in [5.74, 6) is 0.581. The van der Waals surface area contributed by atoms with Crippen molar-refractivity contribution in [2.24, 2.45) is 0 Å². The van der Waals surface area contributed by atoms with E-state index in [1.807, 2.05) is 48.5 Å². The molecule has 1 aromatic heterocycles. The van der Waals surface area contributed by atoms with E-state index in [1.54, 1.807) is 6.20 Å². The molecule has 0 saturated heterocycles. The first-order chi connectivity index (χ1) is 16.2. The lowest BCUT2D eigenvalue weighted by molar-refractivity contribution is -0.118. The fraction of sp³-hybridized carbons (Fsp3) is 0.292. The lowest BCUT2D eigenvalue weighted by Gasteiger charge is -2.17. The molecule has 1 aromatic carbocycles. The third-order valence-corrected chi connectivity index (χ3v) is 6.67. The second-order valence-electron chi connectivity index (χ2n) is 7.94. The first kappa shape index (κ1) is 21.4. The molecule has 9 heteroatoms. The highest BCUT2D eigenvalue weighted by Gasteiger charge is 2.27. The quantitative estimate of drug-likeness (QED) is 0.351. The number of nitrogens with zero attached hydrogens (tertiary/aromatic N) is 5. The van der Waals surface area contributed by atoms with E-state index in [1.165, 1.54) is 16.4 Å². The van der Waals surface area contributed by atoms with Crippen LogP contribution in [-0.2, 0) is 24.3 Å². The molecular formula is C24H24N6O2S. The van der Waals surface area contributed by atoms with Gasteiger partial charge in [0.15, 0.2) is 11.0 Å². The predicted octanol–water partition coefficient (Wildman–Crippen LogP) is 3.06. The summed E-state index contributed by atoms with van der Waals surface area (Å²) in [5.41, 5.74) is 2.95. The standard InChI is InChI=1S/C24H24N6O2S/c31-20(26-15-17-9-6-7-13-25-17)16-33-24-27-22-21(19-12-5-2-8-14-29(19)24)23(32)30(28-22)18-10-3-1-4-11-18/h1,3-4,6-7,9-11,13H,2,5,8,12,14-16H2,(H,26,31). The van der Waals surface area contributed by atoms with Crippen LogP contribution in [0.1, 0.15) is 30.7 Å². The van der Waals surface area contributed by atoms with Crippen molar-refractivity contribution in [1.82, 2.24) is 29.6 Å². The van der Waals surface area contributed by atoms with E-state index >= 15 is 0 Å². The number of amides is 1. The van der Waals surface area contributed by atoms with Crippen LogP contribution in [0.2, 0.25) is 0 Å². The minimum Gasteiger partial charge on any atom is -0.350 e. The first-order valence-electron chi connectivity index (χ1n) is 11.1. The van der Waals surface area contributed by atoms with Gasteiger partial charge in [0.05, 0.1) is 23.7 Å². The zero-order valence-corrected chi connectivity index (χ0v) is 18.9. The van der Waals surface area contributed by atoms with Crippen LogP contribution in [0.3, 0.4) is 0 Å². The Morgan fingerprint density at radius 1 is 1.06 bits per heavy atom. The molecule has 0 radical (unpaired) electrons. The number of benzene rings is 1. The normalized spacial score (nSPS) is 13.5. The fourth-order valence-corrected chi connectivity index (χ4v) is 4.95. The van der Waals surface area contributed by atoms with Crippen molar-refractivity contribution in [2.45, 2.75) is 43.9 Å². The number of fused-ring (bicyclic) bond motifs is 3. The third kappa shape index (κ3) is 4.54. The van der Waals surface area contributed by atoms with E-state index in [4.69, 9.17) is 4.98 Å². The monoisotopic (exact) mass is 460 g/mol. The Bertz CT molecular complexity index is 1290. The number of pyridine rings is 1. The number of aromatic nitrogens is 5. The number of thioether (sulfide) groups is 1. The molecule has 0 spiro atoms. The molecule has 0 fully saturated rings. The maximum atomic E-state index is 13.3. The van der Waals surface area contributed by atoms with Gasteiger partial charge in [-0.15, -0.1) is 5.10 Å². The molecule has 1 amide bonds. The summed E-state index contributed by atoms with van der Waals surface area (Å²) in [7, 11) is 0. The fourth-order valence-electron chi connectivity index (χ4n) is 4.08. The Hall–Kier alpha value is -3.46. The zero-order valence-electron chi connectivity index (χ0n) is 18.1. The molecule has 4 heterocycles. The highest BCUT2D eigenvalue weighted by atomic mass is 32.2. The lowest BCUT2D eigenvalue weighted by atomic mass is 10.1. The van der Waals surface area contributed by atoms with Gasteiger partial charge in [0.2, 0.25) is 5.91 Å². The van der Waals surface area contributed by atoms with E-state index in [0.29, 0.717) is 17.9 Å². The average molecular weight is 461 g/mol. The molecule has 8 nitrogen and oxygen atoms in total. The van der Waals surface area contributed by atoms with Crippen LogP contribution >= 0.6 is 11.8 Å². The van der Waals surface area contributed by atoms with Gasteiger partial charge in [-0.3, -0.25) is 14.6 Å². The van der Waals surface area contributed by atoms with Crippen LogP contribution in [0.25, 0.3) is 17.1 Å². The second-order valence-corrected chi connectivity index (χ2v) is 8.88. The summed E-state index contributed by atoms with van der Waals surface area (Å²) in [6.45, 7) is 1.17. The SMILES string of the molecule is O=C(CSc1nc2nn(-c3ccccc3)c(=O)c-2c2n1CCCCC2)NCc1ccccn1. The molecular weight excluding hydrogens is 436 g/mol. The van der Waals surface area contributed by atoms with Crippen molar-refractivity contribution in [2.75, 3.05) is 5.75 Å². The van der Waals surface area contributed by atoms with Crippen LogP contribution in [-0.4, -0.2) is 36.0 Å². The third-order valence-electron chi connectivity index (χ3n) is 5.69. The highest BCUT2D eigenvalue weighted by molar-refractivity contribution is 7.99. The highest BCUT2D eigenvalue weighted by Crippen LogP contribution is 2.30. The topological polar surface area (TPSA) is 94.7 Å². The largest absolute Gasteiger partial charge is 0.350 e. The zero-order chi connectivity index (χ0) is 22.6. The number of hydrogen-bond acceptors (Lipinski definition) is 6. The van der Waals surface area contributed by atoms with E-state index in [-0.39, 0.29) is 17.2 Å². The smallest absolute Gasteiger partial charge is 0.284 e. The van der Waals surface area contributed by atoms with Crippen LogP contribution in [0, 0.1) is 0 Å². The van der Waals surface area contributed by atoms with Crippen molar-refractivity contribution in [3.63, 3.8) is 0 Å². The molecule has 3 aliphatic heterocycles. The molecule has 0 unspecified atom stereocenters. The minimum atomic E-state index is -0.140. The lowest BCUT2D eigenvalue weighted by Crippen LogP contribution is -2.25. The minimum absolute atomic E-state index is 0.0881. The van der Waals surface area contributed by atoms with Crippen molar-refractivity contribution in [3.8, 4) is 17.1 Å². The van der Waals surface area contributed by atoms with Gasteiger partial charge in [0.1, 0.15) is 5.56 Å². The molecule has 1 N–H and O–H groups in total. The number of hydrogen-bond donors (Lipinski definition) is 1. The van der Waals surface area contributed by atoms with Gasteiger partial charge in [-0.25, -0.2) is 4.98 Å². The maximum Gasteiger partial charge on any atom is 0.284 e. The summed E-state index contributed by atoms with van der Waals surface area (Å²) in [6.07, 6.45) is 5.64. The first-order valence-corrected chi connectivity index (χ1v) is 12.1. The van der Waals surface area contributed by atoms with Crippen molar-refractivity contribution >= 4 is 17.7 Å². The summed E-state index contributed by atoms with van der Waals surface area (Å²) >= 11 is 1.38. The number of para-hydroxylation sites is 1. The van der Waals surface area contributed by atoms with Crippen molar-refractivity contribution in [1.29, 1.82) is 0 Å². The molecule has 168 valence electrons. The summed E-state index contributed by atoms with van der Waals surface area (Å²) in [4.78, 5) is 34.7. The Morgan fingerprint density at radius 3 is 2.73 bits per heavy atom. The second kappa shape index (κ2) is 9.58. The van der Waals surface area contributed by atoms with Crippen LogP contribution in [0.15, 0.2) is 64.7 Å². The van der Waals surface area contributed by atoms with Crippen molar-refractivity contribution < 1.29 is 4.79 Å². The van der Waals surface area contributed by atoms with E-state index in [0.717, 1.165) is 54.5 Å². The predicted molar refractivity (Wildman–Crippen MR) is 127 cm³/mol. The molecule has 33 heavy (non-hydrogen) atoms. The van der Waals surface area contributed by atoms with Gasteiger partial charge in [-0.2, -0.15) is 4.68 Å². The summed E-state index contributed by atoms with van der Waals surface area (Å²) in [5, 5.41) is 8.17. The number of carbonyl (C=O) groups excluding carboxylic acids is 1. The van der Waals surface area contributed by atoms with Gasteiger partial charge < -0.3 is 9.88 Å². The Kier molecular flexibility index (Phi) is 6.21. The Labute approximate surface area is 195 Å². The van der Waals surface area contributed by atoms with E-state index < -0.39 is 0 Å². The number of nitrogens with one attached hydrogen (secondary N) is 1. The molecule has 2 aromatic rings. The molecule has 3 aliphatic rings. The van der Waals surface area contributed by atoms with E-state index in [2.05, 4.69) is 20.0 Å². The molecule has 0 aliphatic carbocycles. The molecule has 0 saturated carbocycles. The van der Waals surface area contributed by atoms with Gasteiger partial charge in [-0.1, -0.05) is 42.4 Å². The van der Waals surface area contributed by atoms with Gasteiger partial charge in [0, 0.05) is 18.4 Å². The van der Waals surface area contributed by atoms with Gasteiger partial charge in [0.25, 0.3) is 5.56 Å². The number of carbonyl (C=O) groups is 1. The average Bonchev–Trinajstić information content (AvgIpc) is 3.01. The van der Waals surface area contributed by atoms with Crippen LogP contribution < -0.4 is 10.9 Å². The van der Waals surface area contributed by atoms with Gasteiger partial charge >= 0.3 is 0 Å². The molecule has 5 rings (SSSR count). The summed E-state index contributed by atoms with van der Waals surface area (Å²) in [6, 6.07) is 15.0. The van der Waals surface area contributed by atoms with Crippen molar-refractivity contribution in [3.05, 3.63) is 76.5 Å². The Balaban J connectivity index is 1.43. The summed E-state index contributed by atoms with van der Waals surface area (Å²) < 4.78 is 3.54. The molecule has 0 atom stereocenters.